The fourth-order valence-electron chi connectivity index (χ4n) is 3.32. The minimum absolute atomic E-state index is 0.0809. The van der Waals surface area contributed by atoms with Crippen LogP contribution < -0.4 is 0 Å². The molecule has 2 bridgehead atoms. The number of Topliss-reactive ketones (excluding diaryl/α,β-unsaturated/α-hetero) is 1. The number of hydrogen-bond acceptors (Lipinski definition) is 2. The SMILES string of the molecule is CC1(C)[C@@H]2CC[C@]1(CS(=O)O)C(=O)C2. The van der Waals surface area contributed by atoms with E-state index in [1.165, 1.54) is 0 Å². The average molecular weight is 216 g/mol. The number of hydrogen-bond donors (Lipinski definition) is 1. The quantitative estimate of drug-likeness (QED) is 0.713. The van der Waals surface area contributed by atoms with Crippen molar-refractivity contribution in [2.24, 2.45) is 16.7 Å². The Hall–Kier alpha value is -0.220. The van der Waals surface area contributed by atoms with Gasteiger partial charge in [0.15, 0.2) is 11.1 Å². The molecule has 0 aromatic rings. The van der Waals surface area contributed by atoms with Gasteiger partial charge in [-0.3, -0.25) is 4.79 Å². The first kappa shape index (κ1) is 10.3. The van der Waals surface area contributed by atoms with Crippen molar-refractivity contribution in [1.29, 1.82) is 0 Å². The Bertz CT molecular complexity index is 310. The Morgan fingerprint density at radius 3 is 2.57 bits per heavy atom. The Balaban J connectivity index is 2.39. The molecule has 2 saturated carbocycles. The smallest absolute Gasteiger partial charge is 0.153 e. The molecule has 14 heavy (non-hydrogen) atoms. The van der Waals surface area contributed by atoms with E-state index in [2.05, 4.69) is 13.8 Å². The lowest BCUT2D eigenvalue weighted by Gasteiger charge is -2.35. The van der Waals surface area contributed by atoms with Gasteiger partial charge in [0.2, 0.25) is 0 Å². The molecule has 0 radical (unpaired) electrons. The van der Waals surface area contributed by atoms with Crippen LogP contribution in [-0.2, 0) is 15.9 Å². The van der Waals surface area contributed by atoms with E-state index in [1.807, 2.05) is 0 Å². The Morgan fingerprint density at radius 1 is 1.57 bits per heavy atom. The van der Waals surface area contributed by atoms with Crippen molar-refractivity contribution in [3.8, 4) is 0 Å². The van der Waals surface area contributed by atoms with Crippen molar-refractivity contribution in [2.75, 3.05) is 5.75 Å². The van der Waals surface area contributed by atoms with Gasteiger partial charge in [-0.25, -0.2) is 4.21 Å². The van der Waals surface area contributed by atoms with Gasteiger partial charge in [0.1, 0.15) is 5.78 Å². The van der Waals surface area contributed by atoms with E-state index in [1.54, 1.807) is 0 Å². The van der Waals surface area contributed by atoms with E-state index < -0.39 is 16.5 Å². The molecule has 0 aromatic heterocycles. The van der Waals surface area contributed by atoms with Crippen LogP contribution in [0.25, 0.3) is 0 Å². The minimum atomic E-state index is -1.86. The van der Waals surface area contributed by atoms with Gasteiger partial charge in [0.25, 0.3) is 0 Å². The van der Waals surface area contributed by atoms with Crippen molar-refractivity contribution < 1.29 is 13.6 Å². The molecule has 0 aromatic carbocycles. The first-order valence-corrected chi connectivity index (χ1v) is 6.28. The van der Waals surface area contributed by atoms with Gasteiger partial charge in [0.05, 0.1) is 5.75 Å². The molecule has 1 N–H and O–H groups in total. The van der Waals surface area contributed by atoms with Gasteiger partial charge < -0.3 is 4.55 Å². The average Bonchev–Trinajstić information content (AvgIpc) is 2.36. The van der Waals surface area contributed by atoms with E-state index in [0.717, 1.165) is 12.8 Å². The van der Waals surface area contributed by atoms with Crippen LogP contribution in [0.1, 0.15) is 33.1 Å². The van der Waals surface area contributed by atoms with E-state index in [4.69, 9.17) is 4.55 Å². The standard InChI is InChI=1S/C10H16O3S/c1-9(2)7-3-4-10(9,6-14(12)13)8(11)5-7/h7H,3-6H2,1-2H3,(H,12,13)/t7-,10+/m1/s1. The summed E-state index contributed by atoms with van der Waals surface area (Å²) in [5, 5.41) is 0. The van der Waals surface area contributed by atoms with Crippen LogP contribution in [0.5, 0.6) is 0 Å². The maximum Gasteiger partial charge on any atom is 0.153 e. The molecular formula is C10H16O3S. The molecule has 0 spiro atoms. The highest BCUT2D eigenvalue weighted by Gasteiger charge is 2.64. The first-order chi connectivity index (χ1) is 6.40. The highest BCUT2D eigenvalue weighted by Crippen LogP contribution is 2.63. The lowest BCUT2D eigenvalue weighted by molar-refractivity contribution is -0.128. The van der Waals surface area contributed by atoms with Crippen molar-refractivity contribution in [3.05, 3.63) is 0 Å². The number of carbonyl (C=O) groups excluding carboxylic acids is 1. The summed E-state index contributed by atoms with van der Waals surface area (Å²) in [6.45, 7) is 4.14. The molecule has 2 aliphatic rings. The number of carbonyl (C=O) groups is 1. The summed E-state index contributed by atoms with van der Waals surface area (Å²) in [5.41, 5.74) is -0.584. The highest BCUT2D eigenvalue weighted by molar-refractivity contribution is 7.79. The fraction of sp³-hybridized carbons (Fsp3) is 0.900. The van der Waals surface area contributed by atoms with Crippen molar-refractivity contribution in [2.45, 2.75) is 33.1 Å². The maximum absolute atomic E-state index is 11.9. The largest absolute Gasteiger partial charge is 0.306 e. The second-order valence-corrected chi connectivity index (χ2v) is 6.06. The number of ketones is 1. The predicted molar refractivity (Wildman–Crippen MR) is 54.2 cm³/mol. The van der Waals surface area contributed by atoms with Crippen LogP contribution in [0.4, 0.5) is 0 Å². The molecule has 2 aliphatic carbocycles. The van der Waals surface area contributed by atoms with Crippen LogP contribution in [0, 0.1) is 16.7 Å². The summed E-state index contributed by atoms with van der Waals surface area (Å²) >= 11 is -1.86. The van der Waals surface area contributed by atoms with Crippen LogP contribution in [-0.4, -0.2) is 20.3 Å². The zero-order chi connectivity index (χ0) is 10.6. The second-order valence-electron chi connectivity index (χ2n) is 5.13. The fourth-order valence-corrected chi connectivity index (χ4v) is 4.42. The Morgan fingerprint density at radius 2 is 2.21 bits per heavy atom. The molecule has 0 saturated heterocycles. The first-order valence-electron chi connectivity index (χ1n) is 5.01. The Labute approximate surface area is 86.6 Å². The highest BCUT2D eigenvalue weighted by atomic mass is 32.2. The van der Waals surface area contributed by atoms with Gasteiger partial charge in [-0.2, -0.15) is 0 Å². The van der Waals surface area contributed by atoms with E-state index in [9.17, 15) is 9.00 Å². The molecule has 2 rings (SSSR count). The van der Waals surface area contributed by atoms with Crippen LogP contribution >= 0.6 is 0 Å². The molecule has 0 aliphatic heterocycles. The monoisotopic (exact) mass is 216 g/mol. The van der Waals surface area contributed by atoms with Crippen molar-refractivity contribution in [1.82, 2.24) is 0 Å². The summed E-state index contributed by atoms with van der Waals surface area (Å²) in [5.74, 6) is 0.773. The van der Waals surface area contributed by atoms with Crippen molar-refractivity contribution >= 4 is 16.9 Å². The molecule has 0 amide bonds. The third kappa shape index (κ3) is 1.07. The molecular weight excluding hydrogens is 200 g/mol. The molecule has 3 atom stereocenters. The number of fused-ring (bicyclic) bond motifs is 2. The van der Waals surface area contributed by atoms with Gasteiger partial charge in [-0.1, -0.05) is 13.8 Å². The van der Waals surface area contributed by atoms with E-state index in [0.29, 0.717) is 12.3 Å². The lowest BCUT2D eigenvalue weighted by Crippen LogP contribution is -2.40. The third-order valence-electron chi connectivity index (χ3n) is 4.51. The van der Waals surface area contributed by atoms with Crippen LogP contribution in [0.2, 0.25) is 0 Å². The molecule has 0 heterocycles. The summed E-state index contributed by atoms with van der Waals surface area (Å²) < 4.78 is 19.9. The normalized spacial score (nSPS) is 41.6. The van der Waals surface area contributed by atoms with E-state index in [-0.39, 0.29) is 17.0 Å². The third-order valence-corrected chi connectivity index (χ3v) is 5.25. The molecule has 2 fully saturated rings. The van der Waals surface area contributed by atoms with Crippen LogP contribution in [0.3, 0.4) is 0 Å². The molecule has 80 valence electrons. The lowest BCUT2D eigenvalue weighted by atomic mass is 9.70. The minimum Gasteiger partial charge on any atom is -0.306 e. The Kier molecular flexibility index (Phi) is 2.13. The molecule has 1 unspecified atom stereocenters. The zero-order valence-electron chi connectivity index (χ0n) is 8.58. The summed E-state index contributed by atoms with van der Waals surface area (Å²) in [7, 11) is 0. The van der Waals surface area contributed by atoms with Crippen LogP contribution in [0.15, 0.2) is 0 Å². The van der Waals surface area contributed by atoms with Gasteiger partial charge in [0, 0.05) is 11.8 Å². The van der Waals surface area contributed by atoms with Gasteiger partial charge in [-0.15, -0.1) is 0 Å². The zero-order valence-corrected chi connectivity index (χ0v) is 9.39. The van der Waals surface area contributed by atoms with Gasteiger partial charge >= 0.3 is 0 Å². The van der Waals surface area contributed by atoms with Crippen molar-refractivity contribution in [3.63, 3.8) is 0 Å². The second kappa shape index (κ2) is 2.89. The molecule has 4 heteroatoms. The van der Waals surface area contributed by atoms with Gasteiger partial charge in [-0.05, 0) is 24.2 Å². The maximum atomic E-state index is 11.9. The predicted octanol–water partition coefficient (Wildman–Crippen LogP) is 1.60. The topological polar surface area (TPSA) is 54.4 Å². The molecule has 3 nitrogen and oxygen atoms in total. The number of rotatable bonds is 2. The summed E-state index contributed by atoms with van der Waals surface area (Å²) in [6, 6.07) is 0. The summed E-state index contributed by atoms with van der Waals surface area (Å²) in [6.07, 6.45) is 2.45. The van der Waals surface area contributed by atoms with E-state index >= 15 is 0 Å². The summed E-state index contributed by atoms with van der Waals surface area (Å²) in [4.78, 5) is 11.9.